The van der Waals surface area contributed by atoms with E-state index in [-0.39, 0.29) is 29.5 Å². The zero-order valence-electron chi connectivity index (χ0n) is 15.8. The summed E-state index contributed by atoms with van der Waals surface area (Å²) >= 11 is 6.11. The number of carbonyl (C=O) groups excluding carboxylic acids is 1. The minimum absolute atomic E-state index is 0.125. The van der Waals surface area contributed by atoms with E-state index < -0.39 is 4.92 Å². The number of aromatic nitrogens is 3. The van der Waals surface area contributed by atoms with E-state index in [1.807, 2.05) is 6.92 Å². The van der Waals surface area contributed by atoms with Crippen molar-refractivity contribution in [3.63, 3.8) is 0 Å². The zero-order chi connectivity index (χ0) is 21.0. The summed E-state index contributed by atoms with van der Waals surface area (Å²) in [6.45, 7) is 3.95. The van der Waals surface area contributed by atoms with Crippen LogP contribution in [0.5, 0.6) is 11.5 Å². The van der Waals surface area contributed by atoms with Gasteiger partial charge in [-0.25, -0.2) is 0 Å². The number of hydrogen-bond acceptors (Lipinski definition) is 6. The van der Waals surface area contributed by atoms with Gasteiger partial charge in [0.25, 0.3) is 5.69 Å². The Morgan fingerprint density at radius 1 is 1.31 bits per heavy atom. The van der Waals surface area contributed by atoms with Crippen molar-refractivity contribution in [1.82, 2.24) is 14.8 Å². The second-order valence-corrected chi connectivity index (χ2v) is 6.65. The van der Waals surface area contributed by atoms with Gasteiger partial charge in [-0.3, -0.25) is 24.6 Å². The number of nitrogens with one attached hydrogen (secondary N) is 1. The fourth-order valence-corrected chi connectivity index (χ4v) is 2.82. The lowest BCUT2D eigenvalue weighted by Gasteiger charge is -2.10. The van der Waals surface area contributed by atoms with Gasteiger partial charge in [-0.1, -0.05) is 11.6 Å². The normalized spacial score (nSPS) is 10.6. The number of amides is 1. The van der Waals surface area contributed by atoms with Crippen molar-refractivity contribution in [3.05, 3.63) is 69.3 Å². The molecule has 1 N–H and O–H groups in total. The van der Waals surface area contributed by atoms with Gasteiger partial charge in [0, 0.05) is 24.8 Å². The first-order valence-electron chi connectivity index (χ1n) is 8.70. The average Bonchev–Trinajstić information content (AvgIpc) is 2.93. The van der Waals surface area contributed by atoms with Crippen molar-refractivity contribution in [2.75, 3.05) is 5.32 Å². The highest BCUT2D eigenvalue weighted by Gasteiger charge is 2.14. The highest BCUT2D eigenvalue weighted by molar-refractivity contribution is 6.31. The van der Waals surface area contributed by atoms with E-state index in [2.05, 4.69) is 15.4 Å². The predicted octanol–water partition coefficient (Wildman–Crippen LogP) is 4.28. The van der Waals surface area contributed by atoms with Crippen LogP contribution in [0.3, 0.4) is 0 Å². The standard InChI is InChI=1S/C19H18ClN5O4/c1-12-19(20)13(2)24(23-12)7-5-18(26)22-14-8-15(25(27)28)10-17(9-14)29-16-4-3-6-21-11-16/h3-4,6,8-11H,5,7H2,1-2H3,(H,22,26). The molecule has 2 heterocycles. The van der Waals surface area contributed by atoms with Crippen molar-refractivity contribution < 1.29 is 14.5 Å². The number of pyridine rings is 1. The molecule has 0 aliphatic heterocycles. The van der Waals surface area contributed by atoms with E-state index in [9.17, 15) is 14.9 Å². The Balaban J connectivity index is 1.72. The van der Waals surface area contributed by atoms with Gasteiger partial charge in [-0.2, -0.15) is 5.10 Å². The number of rotatable bonds is 7. The minimum atomic E-state index is -0.552. The maximum atomic E-state index is 12.3. The van der Waals surface area contributed by atoms with Crippen molar-refractivity contribution in [2.45, 2.75) is 26.8 Å². The van der Waals surface area contributed by atoms with Crippen LogP contribution in [0, 0.1) is 24.0 Å². The van der Waals surface area contributed by atoms with E-state index in [4.69, 9.17) is 16.3 Å². The molecule has 9 nitrogen and oxygen atoms in total. The number of benzene rings is 1. The molecule has 0 spiro atoms. The number of carbonyl (C=O) groups is 1. The molecule has 0 atom stereocenters. The molecule has 3 aromatic rings. The highest BCUT2D eigenvalue weighted by Crippen LogP contribution is 2.29. The van der Waals surface area contributed by atoms with Gasteiger partial charge in [0.05, 0.1) is 45.8 Å². The molecular formula is C19H18ClN5O4. The number of nitro benzene ring substituents is 1. The first kappa shape index (κ1) is 20.3. The smallest absolute Gasteiger partial charge is 0.275 e. The molecule has 0 saturated carbocycles. The Bertz CT molecular complexity index is 1050. The summed E-state index contributed by atoms with van der Waals surface area (Å²) in [6.07, 6.45) is 3.19. The topological polar surface area (TPSA) is 112 Å². The van der Waals surface area contributed by atoms with Gasteiger partial charge >= 0.3 is 0 Å². The number of ether oxygens (including phenoxy) is 1. The monoisotopic (exact) mass is 415 g/mol. The van der Waals surface area contributed by atoms with Crippen LogP contribution in [0.4, 0.5) is 11.4 Å². The fourth-order valence-electron chi connectivity index (χ4n) is 2.69. The third-order valence-electron chi connectivity index (χ3n) is 4.10. The molecule has 0 aliphatic carbocycles. The van der Waals surface area contributed by atoms with Crippen molar-refractivity contribution in [1.29, 1.82) is 0 Å². The molecule has 0 aliphatic rings. The summed E-state index contributed by atoms with van der Waals surface area (Å²) in [6, 6.07) is 7.41. The van der Waals surface area contributed by atoms with E-state index >= 15 is 0 Å². The van der Waals surface area contributed by atoms with Crippen LogP contribution in [0.2, 0.25) is 5.02 Å². The molecule has 0 radical (unpaired) electrons. The van der Waals surface area contributed by atoms with Crippen LogP contribution in [-0.2, 0) is 11.3 Å². The predicted molar refractivity (Wildman–Crippen MR) is 107 cm³/mol. The summed E-state index contributed by atoms with van der Waals surface area (Å²) in [5, 5.41) is 18.7. The van der Waals surface area contributed by atoms with E-state index in [0.29, 0.717) is 23.0 Å². The Morgan fingerprint density at radius 2 is 2.10 bits per heavy atom. The summed E-state index contributed by atoms with van der Waals surface area (Å²) in [5.41, 5.74) is 1.53. The van der Waals surface area contributed by atoms with E-state index in [1.54, 1.807) is 29.9 Å². The van der Waals surface area contributed by atoms with Crippen LogP contribution < -0.4 is 10.1 Å². The molecule has 0 unspecified atom stereocenters. The highest BCUT2D eigenvalue weighted by atomic mass is 35.5. The van der Waals surface area contributed by atoms with Gasteiger partial charge in [-0.05, 0) is 26.0 Å². The third-order valence-corrected chi connectivity index (χ3v) is 4.65. The second-order valence-electron chi connectivity index (χ2n) is 6.27. The van der Waals surface area contributed by atoms with Crippen LogP contribution in [0.1, 0.15) is 17.8 Å². The number of nitro groups is 1. The molecule has 0 saturated heterocycles. The summed E-state index contributed by atoms with van der Waals surface area (Å²) < 4.78 is 7.26. The number of halogens is 1. The molecule has 1 aromatic carbocycles. The van der Waals surface area contributed by atoms with Gasteiger partial charge < -0.3 is 10.1 Å². The number of anilines is 1. The lowest BCUT2D eigenvalue weighted by molar-refractivity contribution is -0.384. The number of hydrogen-bond donors (Lipinski definition) is 1. The summed E-state index contributed by atoms with van der Waals surface area (Å²) in [5.74, 6) is 0.320. The van der Waals surface area contributed by atoms with Crippen LogP contribution in [-0.4, -0.2) is 25.6 Å². The van der Waals surface area contributed by atoms with Crippen molar-refractivity contribution in [3.8, 4) is 11.5 Å². The van der Waals surface area contributed by atoms with Gasteiger partial charge in [0.1, 0.15) is 11.5 Å². The Kier molecular flexibility index (Phi) is 6.08. The number of nitrogens with zero attached hydrogens (tertiary/aromatic N) is 4. The van der Waals surface area contributed by atoms with Crippen LogP contribution in [0.25, 0.3) is 0 Å². The number of non-ortho nitro benzene ring substituents is 1. The van der Waals surface area contributed by atoms with Crippen LogP contribution in [0.15, 0.2) is 42.7 Å². The summed E-state index contributed by atoms with van der Waals surface area (Å²) in [7, 11) is 0. The second kappa shape index (κ2) is 8.70. The molecule has 150 valence electrons. The molecule has 0 bridgehead atoms. The minimum Gasteiger partial charge on any atom is -0.455 e. The lowest BCUT2D eigenvalue weighted by Crippen LogP contribution is -2.15. The molecule has 29 heavy (non-hydrogen) atoms. The molecule has 0 fully saturated rings. The lowest BCUT2D eigenvalue weighted by atomic mass is 10.2. The fraction of sp³-hybridized carbons (Fsp3) is 0.211. The van der Waals surface area contributed by atoms with Gasteiger partial charge in [-0.15, -0.1) is 0 Å². The number of aryl methyl sites for hydroxylation is 2. The Morgan fingerprint density at radius 3 is 2.72 bits per heavy atom. The molecule has 10 heteroatoms. The zero-order valence-corrected chi connectivity index (χ0v) is 16.5. The molecular weight excluding hydrogens is 398 g/mol. The Hall–Kier alpha value is -3.46. The third kappa shape index (κ3) is 5.08. The SMILES string of the molecule is Cc1nn(CCC(=O)Nc2cc(Oc3cccnc3)cc([N+](=O)[O-])c2)c(C)c1Cl. The first-order valence-corrected chi connectivity index (χ1v) is 9.08. The average molecular weight is 416 g/mol. The maximum Gasteiger partial charge on any atom is 0.275 e. The maximum absolute atomic E-state index is 12.3. The largest absolute Gasteiger partial charge is 0.455 e. The molecule has 3 rings (SSSR count). The molecule has 2 aromatic heterocycles. The van der Waals surface area contributed by atoms with E-state index in [0.717, 1.165) is 5.69 Å². The van der Waals surface area contributed by atoms with Gasteiger partial charge in [0.15, 0.2) is 0 Å². The summed E-state index contributed by atoms with van der Waals surface area (Å²) in [4.78, 5) is 26.9. The van der Waals surface area contributed by atoms with E-state index in [1.165, 1.54) is 24.4 Å². The van der Waals surface area contributed by atoms with Crippen molar-refractivity contribution in [2.24, 2.45) is 0 Å². The first-order chi connectivity index (χ1) is 13.8. The van der Waals surface area contributed by atoms with Crippen molar-refractivity contribution >= 4 is 28.9 Å². The quantitative estimate of drug-likeness (QED) is 0.455. The molecule has 1 amide bonds. The Labute approximate surface area is 171 Å². The van der Waals surface area contributed by atoms with Crippen LogP contribution >= 0.6 is 11.6 Å². The van der Waals surface area contributed by atoms with Gasteiger partial charge in [0.2, 0.25) is 5.91 Å².